The first kappa shape index (κ1) is 18.1. The van der Waals surface area contributed by atoms with Crippen LogP contribution < -0.4 is 5.32 Å². The Morgan fingerprint density at radius 2 is 2.33 bits per heavy atom. The fourth-order valence-electron chi connectivity index (χ4n) is 1.78. The number of halogens is 4. The Morgan fingerprint density at radius 3 is 2.86 bits per heavy atom. The number of carbonyl (C=O) groups excluding carboxylic acids is 1. The summed E-state index contributed by atoms with van der Waals surface area (Å²) in [5.41, 5.74) is -0.919. The molecule has 5 nitrogen and oxygen atoms in total. The van der Waals surface area contributed by atoms with E-state index in [1.54, 1.807) is 0 Å². The molecule has 0 aromatic carbocycles. The molecular formula is C11H15ClF3N3O2S. The Bertz CT molecular complexity index is 478. The highest BCUT2D eigenvalue weighted by atomic mass is 35.5. The molecule has 1 unspecified atom stereocenters. The van der Waals surface area contributed by atoms with Crippen molar-refractivity contribution in [3.63, 3.8) is 0 Å². The second kappa shape index (κ2) is 7.39. The molecule has 120 valence electrons. The summed E-state index contributed by atoms with van der Waals surface area (Å²) in [5, 5.41) is 4.21. The van der Waals surface area contributed by atoms with Crippen LogP contribution in [-0.4, -0.2) is 48.6 Å². The van der Waals surface area contributed by atoms with E-state index in [4.69, 9.17) is 4.74 Å². The van der Waals surface area contributed by atoms with Crippen LogP contribution in [0.1, 0.15) is 10.7 Å². The van der Waals surface area contributed by atoms with Crippen LogP contribution in [0.3, 0.4) is 0 Å². The summed E-state index contributed by atoms with van der Waals surface area (Å²) in [7, 11) is 1.54. The molecule has 21 heavy (non-hydrogen) atoms. The number of rotatable bonds is 3. The second-order valence-corrected chi connectivity index (χ2v) is 5.34. The maximum atomic E-state index is 12.4. The number of hydrogen-bond donors (Lipinski definition) is 1. The lowest BCUT2D eigenvalue weighted by Crippen LogP contribution is -2.51. The third-order valence-corrected chi connectivity index (χ3v) is 3.64. The number of aromatic nitrogens is 1. The predicted octanol–water partition coefficient (Wildman–Crippen LogP) is 1.53. The van der Waals surface area contributed by atoms with E-state index in [1.165, 1.54) is 11.9 Å². The van der Waals surface area contributed by atoms with Gasteiger partial charge in [0.1, 0.15) is 11.0 Å². The lowest BCUT2D eigenvalue weighted by Gasteiger charge is -2.27. The molecule has 1 aliphatic heterocycles. The SMILES string of the molecule is CN(Cc1nc(C(F)(F)F)cs1)C(=O)C1COCCN1.Cl. The summed E-state index contributed by atoms with van der Waals surface area (Å²) in [6, 6.07) is -0.448. The molecule has 0 spiro atoms. The first-order valence-electron chi connectivity index (χ1n) is 5.95. The maximum absolute atomic E-state index is 12.4. The van der Waals surface area contributed by atoms with E-state index in [9.17, 15) is 18.0 Å². The first-order chi connectivity index (χ1) is 9.38. The zero-order valence-corrected chi connectivity index (χ0v) is 12.8. The highest BCUT2D eigenvalue weighted by Gasteiger charge is 2.34. The monoisotopic (exact) mass is 345 g/mol. The van der Waals surface area contributed by atoms with Crippen LogP contribution in [0.4, 0.5) is 13.2 Å². The second-order valence-electron chi connectivity index (χ2n) is 4.40. The van der Waals surface area contributed by atoms with Crippen molar-refractivity contribution in [2.24, 2.45) is 0 Å². The molecule has 1 saturated heterocycles. The van der Waals surface area contributed by atoms with Gasteiger partial charge in [0.25, 0.3) is 0 Å². The van der Waals surface area contributed by atoms with Crippen molar-refractivity contribution in [1.82, 2.24) is 15.2 Å². The maximum Gasteiger partial charge on any atom is 0.434 e. The summed E-state index contributed by atoms with van der Waals surface area (Å²) in [5.74, 6) is -0.214. The topological polar surface area (TPSA) is 54.5 Å². The zero-order chi connectivity index (χ0) is 14.8. The van der Waals surface area contributed by atoms with Crippen molar-refractivity contribution in [1.29, 1.82) is 0 Å². The van der Waals surface area contributed by atoms with E-state index >= 15 is 0 Å². The van der Waals surface area contributed by atoms with Gasteiger partial charge < -0.3 is 15.0 Å². The van der Waals surface area contributed by atoms with Crippen molar-refractivity contribution < 1.29 is 22.7 Å². The molecule has 1 aliphatic rings. The van der Waals surface area contributed by atoms with Gasteiger partial charge in [0.2, 0.25) is 5.91 Å². The molecule has 1 N–H and O–H groups in total. The van der Waals surface area contributed by atoms with Crippen LogP contribution in [0, 0.1) is 0 Å². The first-order valence-corrected chi connectivity index (χ1v) is 6.83. The van der Waals surface area contributed by atoms with Gasteiger partial charge in [-0.3, -0.25) is 4.79 Å². The quantitative estimate of drug-likeness (QED) is 0.902. The van der Waals surface area contributed by atoms with Crippen molar-refractivity contribution in [2.75, 3.05) is 26.8 Å². The summed E-state index contributed by atoms with van der Waals surface area (Å²) < 4.78 is 42.5. The van der Waals surface area contributed by atoms with Gasteiger partial charge in [0, 0.05) is 19.0 Å². The summed E-state index contributed by atoms with van der Waals surface area (Å²) in [4.78, 5) is 16.9. The van der Waals surface area contributed by atoms with Crippen LogP contribution >= 0.6 is 23.7 Å². The number of likely N-dealkylation sites (N-methyl/N-ethyl adjacent to an activating group) is 1. The van der Waals surface area contributed by atoms with E-state index in [0.29, 0.717) is 13.2 Å². The third-order valence-electron chi connectivity index (χ3n) is 2.81. The Morgan fingerprint density at radius 1 is 1.62 bits per heavy atom. The summed E-state index contributed by atoms with van der Waals surface area (Å²) in [6.45, 7) is 1.46. The molecule has 0 saturated carbocycles. The van der Waals surface area contributed by atoms with Crippen LogP contribution in [-0.2, 0) is 22.3 Å². The minimum absolute atomic E-state index is 0. The Hall–Kier alpha value is -0.900. The average molecular weight is 346 g/mol. The van der Waals surface area contributed by atoms with Gasteiger partial charge in [-0.05, 0) is 0 Å². The van der Waals surface area contributed by atoms with Crippen LogP contribution in [0.2, 0.25) is 0 Å². The summed E-state index contributed by atoms with van der Waals surface area (Å²) in [6.07, 6.45) is -4.45. The van der Waals surface area contributed by atoms with Crippen molar-refractivity contribution in [2.45, 2.75) is 18.8 Å². The Labute approximate surface area is 129 Å². The highest BCUT2D eigenvalue weighted by Crippen LogP contribution is 2.30. The number of alkyl halides is 3. The van der Waals surface area contributed by atoms with Gasteiger partial charge in [-0.25, -0.2) is 4.98 Å². The lowest BCUT2D eigenvalue weighted by molar-refractivity contribution is -0.140. The Kier molecular flexibility index (Phi) is 6.39. The molecule has 0 bridgehead atoms. The van der Waals surface area contributed by atoms with Gasteiger partial charge in [0.05, 0.1) is 19.8 Å². The number of nitrogens with one attached hydrogen (secondary N) is 1. The fraction of sp³-hybridized carbons (Fsp3) is 0.636. The van der Waals surface area contributed by atoms with E-state index in [2.05, 4.69) is 10.3 Å². The molecule has 2 rings (SSSR count). The number of morpholine rings is 1. The van der Waals surface area contributed by atoms with Crippen LogP contribution in [0.5, 0.6) is 0 Å². The summed E-state index contributed by atoms with van der Waals surface area (Å²) >= 11 is 0.892. The number of hydrogen-bond acceptors (Lipinski definition) is 5. The van der Waals surface area contributed by atoms with E-state index in [-0.39, 0.29) is 36.5 Å². The van der Waals surface area contributed by atoms with E-state index in [0.717, 1.165) is 16.7 Å². The van der Waals surface area contributed by atoms with E-state index < -0.39 is 17.9 Å². The number of nitrogens with zero attached hydrogens (tertiary/aromatic N) is 2. The van der Waals surface area contributed by atoms with Gasteiger partial charge >= 0.3 is 6.18 Å². The smallest absolute Gasteiger partial charge is 0.378 e. The minimum Gasteiger partial charge on any atom is -0.378 e. The molecule has 1 atom stereocenters. The molecule has 1 amide bonds. The molecule has 1 aromatic heterocycles. The molecule has 10 heteroatoms. The van der Waals surface area contributed by atoms with Gasteiger partial charge in [-0.2, -0.15) is 13.2 Å². The molecule has 1 aromatic rings. The van der Waals surface area contributed by atoms with Gasteiger partial charge in [0.15, 0.2) is 5.69 Å². The van der Waals surface area contributed by atoms with Crippen LogP contribution in [0.25, 0.3) is 0 Å². The molecule has 1 fully saturated rings. The minimum atomic E-state index is -4.45. The van der Waals surface area contributed by atoms with Gasteiger partial charge in [-0.1, -0.05) is 0 Å². The average Bonchev–Trinajstić information content (AvgIpc) is 2.87. The molecule has 2 heterocycles. The number of amides is 1. The lowest BCUT2D eigenvalue weighted by atomic mass is 10.2. The predicted molar refractivity (Wildman–Crippen MR) is 73.4 cm³/mol. The highest BCUT2D eigenvalue weighted by molar-refractivity contribution is 7.09. The van der Waals surface area contributed by atoms with Gasteiger partial charge in [-0.15, -0.1) is 23.7 Å². The largest absolute Gasteiger partial charge is 0.434 e. The van der Waals surface area contributed by atoms with Crippen LogP contribution in [0.15, 0.2) is 5.38 Å². The van der Waals surface area contributed by atoms with Crippen molar-refractivity contribution in [3.05, 3.63) is 16.1 Å². The Balaban J connectivity index is 0.00000220. The van der Waals surface area contributed by atoms with Crippen molar-refractivity contribution in [3.8, 4) is 0 Å². The number of ether oxygens (including phenoxy) is 1. The van der Waals surface area contributed by atoms with Crippen molar-refractivity contribution >= 4 is 29.7 Å². The molecule has 0 radical (unpaired) electrons. The standard InChI is InChI=1S/C11H14F3N3O2S.ClH/c1-17(10(18)7-5-19-3-2-15-7)4-9-16-8(6-20-9)11(12,13)14;/h6-7,15H,2-5H2,1H3;1H. The zero-order valence-electron chi connectivity index (χ0n) is 11.1. The normalized spacial score (nSPS) is 19.0. The molecular weight excluding hydrogens is 331 g/mol. The number of carbonyl (C=O) groups is 1. The molecule has 0 aliphatic carbocycles. The fourth-order valence-corrected chi connectivity index (χ4v) is 2.64. The van der Waals surface area contributed by atoms with E-state index in [1.807, 2.05) is 0 Å². The third kappa shape index (κ3) is 4.80. The number of thiazole rings is 1.